The molecule has 0 aliphatic heterocycles. The minimum Gasteiger partial charge on any atom is -0.493 e. The van der Waals surface area contributed by atoms with Crippen molar-refractivity contribution in [1.29, 1.82) is 0 Å². The lowest BCUT2D eigenvalue weighted by Crippen LogP contribution is -2.30. The molecule has 3 aromatic rings. The Morgan fingerprint density at radius 1 is 0.933 bits per heavy atom. The minimum absolute atomic E-state index is 0.124. The van der Waals surface area contributed by atoms with E-state index in [1.54, 1.807) is 24.6 Å². The average Bonchev–Trinajstić information content (AvgIpc) is 3.27. The molecule has 0 spiro atoms. The Hall–Kier alpha value is -3.39. The van der Waals surface area contributed by atoms with Crippen LogP contribution in [-0.2, 0) is 6.61 Å². The average molecular weight is 426 g/mol. The van der Waals surface area contributed by atoms with Gasteiger partial charge in [0, 0.05) is 24.0 Å². The number of thiazole rings is 1. The van der Waals surface area contributed by atoms with E-state index in [4.69, 9.17) is 9.47 Å². The van der Waals surface area contributed by atoms with Crippen molar-refractivity contribution in [1.82, 2.24) is 15.6 Å². The second-order valence-corrected chi connectivity index (χ2v) is 7.24. The van der Waals surface area contributed by atoms with E-state index in [-0.39, 0.29) is 18.4 Å². The van der Waals surface area contributed by atoms with Gasteiger partial charge in [0.05, 0.1) is 7.11 Å². The zero-order valence-electron chi connectivity index (χ0n) is 16.6. The van der Waals surface area contributed by atoms with E-state index in [0.29, 0.717) is 47.3 Å². The first kappa shape index (κ1) is 21.3. The van der Waals surface area contributed by atoms with Crippen LogP contribution in [0.15, 0.2) is 60.0 Å². The predicted molar refractivity (Wildman–Crippen MR) is 115 cm³/mol. The Bertz CT molecular complexity index is 975. The summed E-state index contributed by atoms with van der Waals surface area (Å²) in [5.74, 6) is 0.899. The molecule has 0 bridgehead atoms. The lowest BCUT2D eigenvalue weighted by molar-refractivity contribution is 0.0948. The van der Waals surface area contributed by atoms with Gasteiger partial charge >= 0.3 is 0 Å². The zero-order chi connectivity index (χ0) is 21.2. The molecule has 8 heteroatoms. The van der Waals surface area contributed by atoms with Crippen LogP contribution >= 0.6 is 11.3 Å². The fourth-order valence-corrected chi connectivity index (χ4v) is 3.32. The molecule has 7 nitrogen and oxygen atoms in total. The highest BCUT2D eigenvalue weighted by atomic mass is 32.1. The van der Waals surface area contributed by atoms with Gasteiger partial charge in [-0.25, -0.2) is 4.98 Å². The van der Waals surface area contributed by atoms with Crippen molar-refractivity contribution >= 4 is 23.2 Å². The van der Waals surface area contributed by atoms with Crippen LogP contribution in [0.25, 0.3) is 0 Å². The molecule has 0 saturated carbocycles. The molecule has 0 unspecified atom stereocenters. The quantitative estimate of drug-likeness (QED) is 0.487. The summed E-state index contributed by atoms with van der Waals surface area (Å²) in [6.45, 7) is 1.17. The molecule has 0 aliphatic carbocycles. The SMILES string of the molecule is COc1ccccc1OCc1nc(C(=O)NCCCNC(=O)c2ccccc2)cs1. The molecule has 1 heterocycles. The third-order valence-electron chi connectivity index (χ3n) is 4.17. The van der Waals surface area contributed by atoms with Crippen molar-refractivity contribution < 1.29 is 19.1 Å². The van der Waals surface area contributed by atoms with Crippen LogP contribution < -0.4 is 20.1 Å². The van der Waals surface area contributed by atoms with Gasteiger partial charge in [0.2, 0.25) is 0 Å². The van der Waals surface area contributed by atoms with Gasteiger partial charge in [0.25, 0.3) is 11.8 Å². The standard InChI is InChI=1S/C22H23N3O4S/c1-28-18-10-5-6-11-19(18)29-14-20-25-17(15-30-20)22(27)24-13-7-12-23-21(26)16-8-3-2-4-9-16/h2-6,8-11,15H,7,12-14H2,1H3,(H,23,26)(H,24,27). The van der Waals surface area contributed by atoms with Crippen LogP contribution in [-0.4, -0.2) is 37.0 Å². The summed E-state index contributed by atoms with van der Waals surface area (Å²) >= 11 is 1.36. The van der Waals surface area contributed by atoms with E-state index in [9.17, 15) is 9.59 Å². The maximum atomic E-state index is 12.2. The topological polar surface area (TPSA) is 89.6 Å². The number of carbonyl (C=O) groups excluding carboxylic acids is 2. The zero-order valence-corrected chi connectivity index (χ0v) is 17.4. The van der Waals surface area contributed by atoms with Crippen LogP contribution in [0, 0.1) is 0 Å². The Kier molecular flexibility index (Phi) is 7.79. The van der Waals surface area contributed by atoms with Gasteiger partial charge in [-0.15, -0.1) is 11.3 Å². The predicted octanol–water partition coefficient (Wildman–Crippen LogP) is 3.28. The number of hydrogen-bond donors (Lipinski definition) is 2. The molecule has 0 atom stereocenters. The second-order valence-electron chi connectivity index (χ2n) is 6.30. The molecule has 1 aromatic heterocycles. The van der Waals surface area contributed by atoms with Crippen molar-refractivity contribution in [2.45, 2.75) is 13.0 Å². The van der Waals surface area contributed by atoms with Crippen molar-refractivity contribution in [3.63, 3.8) is 0 Å². The van der Waals surface area contributed by atoms with Crippen molar-refractivity contribution in [3.8, 4) is 11.5 Å². The monoisotopic (exact) mass is 425 g/mol. The van der Waals surface area contributed by atoms with Gasteiger partial charge in [-0.05, 0) is 30.7 Å². The van der Waals surface area contributed by atoms with Crippen LogP contribution in [0.1, 0.15) is 32.3 Å². The number of hydrogen-bond acceptors (Lipinski definition) is 6. The number of para-hydroxylation sites is 2. The largest absolute Gasteiger partial charge is 0.493 e. The highest BCUT2D eigenvalue weighted by Gasteiger charge is 2.12. The van der Waals surface area contributed by atoms with Gasteiger partial charge in [0.1, 0.15) is 17.3 Å². The Morgan fingerprint density at radius 3 is 2.33 bits per heavy atom. The van der Waals surface area contributed by atoms with E-state index >= 15 is 0 Å². The van der Waals surface area contributed by atoms with Crippen LogP contribution in [0.3, 0.4) is 0 Å². The lowest BCUT2D eigenvalue weighted by atomic mass is 10.2. The maximum absolute atomic E-state index is 12.2. The van der Waals surface area contributed by atoms with Crippen molar-refractivity contribution in [2.75, 3.05) is 20.2 Å². The number of ether oxygens (including phenoxy) is 2. The van der Waals surface area contributed by atoms with Crippen LogP contribution in [0.4, 0.5) is 0 Å². The molecule has 2 N–H and O–H groups in total. The molecule has 0 fully saturated rings. The van der Waals surface area contributed by atoms with Gasteiger partial charge < -0.3 is 20.1 Å². The molecule has 0 saturated heterocycles. The second kappa shape index (κ2) is 11.0. The van der Waals surface area contributed by atoms with Gasteiger partial charge in [-0.3, -0.25) is 9.59 Å². The van der Waals surface area contributed by atoms with E-state index in [1.165, 1.54) is 11.3 Å². The molecular weight excluding hydrogens is 402 g/mol. The van der Waals surface area contributed by atoms with Gasteiger partial charge in [-0.1, -0.05) is 30.3 Å². The molecule has 30 heavy (non-hydrogen) atoms. The highest BCUT2D eigenvalue weighted by Crippen LogP contribution is 2.27. The van der Waals surface area contributed by atoms with Crippen LogP contribution in [0.2, 0.25) is 0 Å². The van der Waals surface area contributed by atoms with Crippen LogP contribution in [0.5, 0.6) is 11.5 Å². The Balaban J connectivity index is 1.38. The number of nitrogens with one attached hydrogen (secondary N) is 2. The summed E-state index contributed by atoms with van der Waals surface area (Å²) in [5.41, 5.74) is 0.971. The lowest BCUT2D eigenvalue weighted by Gasteiger charge is -2.08. The summed E-state index contributed by atoms with van der Waals surface area (Å²) in [6, 6.07) is 16.4. The van der Waals surface area contributed by atoms with Gasteiger partial charge in [0.15, 0.2) is 11.5 Å². The summed E-state index contributed by atoms with van der Waals surface area (Å²) in [4.78, 5) is 28.5. The first-order valence-corrected chi connectivity index (χ1v) is 10.4. The minimum atomic E-state index is -0.246. The number of carbonyl (C=O) groups is 2. The number of aromatic nitrogens is 1. The number of amides is 2. The number of rotatable bonds is 10. The third-order valence-corrected chi connectivity index (χ3v) is 4.99. The normalized spacial score (nSPS) is 10.3. The molecule has 2 aromatic carbocycles. The van der Waals surface area contributed by atoms with E-state index in [2.05, 4.69) is 15.6 Å². The molecule has 2 amide bonds. The molecule has 0 aliphatic rings. The maximum Gasteiger partial charge on any atom is 0.270 e. The fourth-order valence-electron chi connectivity index (χ4n) is 2.63. The summed E-state index contributed by atoms with van der Waals surface area (Å²) in [6.07, 6.45) is 0.623. The van der Waals surface area contributed by atoms with Crippen molar-refractivity contribution in [2.24, 2.45) is 0 Å². The number of methoxy groups -OCH3 is 1. The van der Waals surface area contributed by atoms with Gasteiger partial charge in [-0.2, -0.15) is 0 Å². The smallest absolute Gasteiger partial charge is 0.270 e. The molecule has 3 rings (SSSR count). The number of benzene rings is 2. The highest BCUT2D eigenvalue weighted by molar-refractivity contribution is 7.09. The fraction of sp³-hybridized carbons (Fsp3) is 0.227. The first-order valence-electron chi connectivity index (χ1n) is 9.49. The number of nitrogens with zero attached hydrogens (tertiary/aromatic N) is 1. The van der Waals surface area contributed by atoms with E-state index in [0.717, 1.165) is 0 Å². The third kappa shape index (κ3) is 6.05. The molecule has 156 valence electrons. The van der Waals surface area contributed by atoms with E-state index < -0.39 is 0 Å². The molecular formula is C22H23N3O4S. The summed E-state index contributed by atoms with van der Waals surface area (Å²) in [5, 5.41) is 8.04. The molecule has 0 radical (unpaired) electrons. The first-order chi connectivity index (χ1) is 14.7. The summed E-state index contributed by atoms with van der Waals surface area (Å²) in [7, 11) is 1.58. The van der Waals surface area contributed by atoms with E-state index in [1.807, 2.05) is 42.5 Å². The Labute approximate surface area is 179 Å². The summed E-state index contributed by atoms with van der Waals surface area (Å²) < 4.78 is 11.0. The Morgan fingerprint density at radius 2 is 1.60 bits per heavy atom. The van der Waals surface area contributed by atoms with Crippen molar-refractivity contribution in [3.05, 3.63) is 76.2 Å².